The Morgan fingerprint density at radius 2 is 1.89 bits per heavy atom. The number of hydrogen-bond donors (Lipinski definition) is 2. The van der Waals surface area contributed by atoms with Gasteiger partial charge in [-0.15, -0.1) is 0 Å². The van der Waals surface area contributed by atoms with E-state index in [4.69, 9.17) is 9.84 Å². The molecule has 1 fully saturated rings. The molecule has 9 nitrogen and oxygen atoms in total. The Morgan fingerprint density at radius 3 is 2.59 bits per heavy atom. The zero-order valence-corrected chi connectivity index (χ0v) is 25.9. The molecule has 0 spiro atoms. The second-order valence-electron chi connectivity index (χ2n) is 12.8. The maximum atomic E-state index is 13.4. The van der Waals surface area contributed by atoms with E-state index >= 15 is 0 Å². The minimum atomic E-state index is -0.346. The molecule has 0 saturated carbocycles. The van der Waals surface area contributed by atoms with Gasteiger partial charge in [0.05, 0.1) is 29.9 Å². The largest absolute Gasteiger partial charge is 0.466 e. The first-order chi connectivity index (χ1) is 21.1. The van der Waals surface area contributed by atoms with Crippen LogP contribution in [0.1, 0.15) is 57.8 Å². The minimum Gasteiger partial charge on any atom is -0.466 e. The van der Waals surface area contributed by atoms with Crippen LogP contribution in [-0.4, -0.2) is 46.5 Å². The lowest BCUT2D eigenvalue weighted by atomic mass is 9.89. The van der Waals surface area contributed by atoms with Crippen LogP contribution < -0.4 is 15.5 Å². The van der Waals surface area contributed by atoms with Gasteiger partial charge in [0.15, 0.2) is 0 Å². The zero-order valence-electron chi connectivity index (χ0n) is 25.9. The Hall–Kier alpha value is -4.66. The number of hydrogen-bond acceptors (Lipinski definition) is 6. The van der Waals surface area contributed by atoms with Crippen molar-refractivity contribution in [2.24, 2.45) is 5.92 Å². The maximum absolute atomic E-state index is 13.4. The van der Waals surface area contributed by atoms with E-state index < -0.39 is 0 Å². The van der Waals surface area contributed by atoms with Crippen LogP contribution in [0.15, 0.2) is 72.4 Å². The summed E-state index contributed by atoms with van der Waals surface area (Å²) in [6.07, 6.45) is 7.49. The second-order valence-corrected chi connectivity index (χ2v) is 12.8. The molecule has 2 N–H and O–H groups in total. The number of benzene rings is 2. The van der Waals surface area contributed by atoms with Crippen LogP contribution in [0.4, 0.5) is 22.0 Å². The molecule has 4 aromatic rings. The molecule has 0 aliphatic carbocycles. The molecule has 4 heterocycles. The summed E-state index contributed by atoms with van der Waals surface area (Å²) < 4.78 is 6.84. The first-order valence-corrected chi connectivity index (χ1v) is 15.4. The highest BCUT2D eigenvalue weighted by Gasteiger charge is 2.24. The third kappa shape index (κ3) is 6.46. The summed E-state index contributed by atoms with van der Waals surface area (Å²) in [7, 11) is 0. The molecule has 1 saturated heterocycles. The quantitative estimate of drug-likeness (QED) is 0.182. The van der Waals surface area contributed by atoms with E-state index in [0.29, 0.717) is 24.8 Å². The number of amides is 2. The van der Waals surface area contributed by atoms with Crippen LogP contribution in [0.5, 0.6) is 0 Å². The SMILES string of the molecule is Cc1ccc(-n2nc(C(C)(C)C)cc2NC(=O)Nc2ccc(N3CC=C(CC4CCOC(=O)C4)CC3)c3ccccc23)cn1. The number of fused-ring (bicyclic) bond motifs is 1. The average Bonchev–Trinajstić information content (AvgIpc) is 3.42. The summed E-state index contributed by atoms with van der Waals surface area (Å²) in [5.41, 5.74) is 5.65. The normalized spacial score (nSPS) is 17.3. The fourth-order valence-electron chi connectivity index (χ4n) is 5.95. The zero-order chi connectivity index (χ0) is 30.8. The van der Waals surface area contributed by atoms with Crippen molar-refractivity contribution in [3.05, 3.63) is 83.8 Å². The topological polar surface area (TPSA) is 101 Å². The lowest BCUT2D eigenvalue weighted by Gasteiger charge is -2.31. The van der Waals surface area contributed by atoms with Crippen LogP contribution in [0.2, 0.25) is 0 Å². The second kappa shape index (κ2) is 12.1. The Labute approximate surface area is 258 Å². The number of cyclic esters (lactones) is 1. The molecular weight excluding hydrogens is 552 g/mol. The number of ether oxygens (including phenoxy) is 1. The van der Waals surface area contributed by atoms with Gasteiger partial charge in [-0.2, -0.15) is 5.10 Å². The number of esters is 1. The van der Waals surface area contributed by atoms with E-state index in [2.05, 4.69) is 59.5 Å². The van der Waals surface area contributed by atoms with E-state index in [1.807, 2.05) is 49.4 Å². The number of anilines is 3. The first-order valence-electron chi connectivity index (χ1n) is 15.4. The Morgan fingerprint density at radius 1 is 1.07 bits per heavy atom. The fourth-order valence-corrected chi connectivity index (χ4v) is 5.95. The van der Waals surface area contributed by atoms with Gasteiger partial charge in [-0.1, -0.05) is 56.7 Å². The van der Waals surface area contributed by atoms with Gasteiger partial charge in [0, 0.05) is 53.1 Å². The van der Waals surface area contributed by atoms with Crippen molar-refractivity contribution >= 4 is 40.0 Å². The van der Waals surface area contributed by atoms with Crippen molar-refractivity contribution in [2.45, 2.75) is 58.8 Å². The number of rotatable bonds is 6. The number of carbonyl (C=O) groups excluding carboxylic acids is 2. The molecule has 228 valence electrons. The summed E-state index contributed by atoms with van der Waals surface area (Å²) in [6, 6.07) is 17.7. The van der Waals surface area contributed by atoms with Crippen molar-refractivity contribution in [1.29, 1.82) is 0 Å². The molecule has 1 atom stereocenters. The van der Waals surface area contributed by atoms with Crippen LogP contribution in [0.25, 0.3) is 16.5 Å². The number of pyridine rings is 1. The molecule has 2 aliphatic rings. The average molecular weight is 593 g/mol. The van der Waals surface area contributed by atoms with Crippen molar-refractivity contribution in [1.82, 2.24) is 14.8 Å². The predicted molar refractivity (Wildman–Crippen MR) is 175 cm³/mol. The van der Waals surface area contributed by atoms with Gasteiger partial charge < -0.3 is 15.0 Å². The van der Waals surface area contributed by atoms with Crippen LogP contribution in [-0.2, 0) is 14.9 Å². The maximum Gasteiger partial charge on any atom is 0.324 e. The Balaban J connectivity index is 1.19. The van der Waals surface area contributed by atoms with Gasteiger partial charge in [-0.3, -0.25) is 15.1 Å². The molecule has 44 heavy (non-hydrogen) atoms. The lowest BCUT2D eigenvalue weighted by molar-refractivity contribution is -0.149. The standard InChI is InChI=1S/C35H40N6O3/c1-23-9-10-26(22-36-23)41-32(21-31(39-41)35(2,3)4)38-34(43)37-29-11-12-30(28-8-6-5-7-27(28)29)40-16-13-24(14-17-40)19-25-15-18-44-33(42)20-25/h5-13,21-22,25H,14-20H2,1-4H3,(H2,37,38,43). The fraction of sp³-hybridized carbons (Fsp3) is 0.371. The van der Waals surface area contributed by atoms with E-state index in [0.717, 1.165) is 71.6 Å². The summed E-state index contributed by atoms with van der Waals surface area (Å²) >= 11 is 0. The van der Waals surface area contributed by atoms with Crippen molar-refractivity contribution in [3.63, 3.8) is 0 Å². The van der Waals surface area contributed by atoms with Gasteiger partial charge in [0.1, 0.15) is 5.82 Å². The number of carbonyl (C=O) groups is 2. The first kappa shape index (κ1) is 29.4. The van der Waals surface area contributed by atoms with Crippen molar-refractivity contribution in [2.75, 3.05) is 35.2 Å². The van der Waals surface area contributed by atoms with Gasteiger partial charge in [-0.05, 0) is 56.4 Å². The van der Waals surface area contributed by atoms with E-state index in [9.17, 15) is 9.59 Å². The summed E-state index contributed by atoms with van der Waals surface area (Å²) in [6.45, 7) is 10.5. The van der Waals surface area contributed by atoms with E-state index in [-0.39, 0.29) is 17.4 Å². The molecule has 0 bridgehead atoms. The molecule has 1 unspecified atom stereocenters. The molecule has 2 aromatic carbocycles. The molecule has 6 rings (SSSR count). The summed E-state index contributed by atoms with van der Waals surface area (Å²) in [5.74, 6) is 0.885. The third-order valence-corrected chi connectivity index (χ3v) is 8.45. The van der Waals surface area contributed by atoms with Gasteiger partial charge in [-0.25, -0.2) is 9.48 Å². The molecule has 2 amide bonds. The van der Waals surface area contributed by atoms with Gasteiger partial charge in [0.2, 0.25) is 0 Å². The molecule has 2 aromatic heterocycles. The smallest absolute Gasteiger partial charge is 0.324 e. The number of urea groups is 1. The highest BCUT2D eigenvalue weighted by Crippen LogP contribution is 2.35. The lowest BCUT2D eigenvalue weighted by Crippen LogP contribution is -2.30. The highest BCUT2D eigenvalue weighted by atomic mass is 16.5. The van der Waals surface area contributed by atoms with E-state index in [1.54, 1.807) is 10.9 Å². The minimum absolute atomic E-state index is 0.0722. The summed E-state index contributed by atoms with van der Waals surface area (Å²) in [4.78, 5) is 31.9. The molecule has 2 aliphatic heterocycles. The van der Waals surface area contributed by atoms with Gasteiger partial charge in [0.25, 0.3) is 0 Å². The number of aryl methyl sites for hydroxylation is 1. The van der Waals surface area contributed by atoms with Crippen LogP contribution >= 0.6 is 0 Å². The van der Waals surface area contributed by atoms with Crippen molar-refractivity contribution in [3.8, 4) is 5.69 Å². The number of nitrogens with zero attached hydrogens (tertiary/aromatic N) is 4. The highest BCUT2D eigenvalue weighted by molar-refractivity contribution is 6.09. The number of nitrogens with one attached hydrogen (secondary N) is 2. The monoisotopic (exact) mass is 592 g/mol. The molecular formula is C35H40N6O3. The Bertz CT molecular complexity index is 1720. The van der Waals surface area contributed by atoms with Crippen molar-refractivity contribution < 1.29 is 14.3 Å². The third-order valence-electron chi connectivity index (χ3n) is 8.45. The predicted octanol–water partition coefficient (Wildman–Crippen LogP) is 7.15. The summed E-state index contributed by atoms with van der Waals surface area (Å²) in [5, 5.41) is 13.0. The van der Waals surface area contributed by atoms with Crippen LogP contribution in [0, 0.1) is 12.8 Å². The van der Waals surface area contributed by atoms with Crippen LogP contribution in [0.3, 0.4) is 0 Å². The van der Waals surface area contributed by atoms with Gasteiger partial charge >= 0.3 is 12.0 Å². The number of aromatic nitrogens is 3. The van der Waals surface area contributed by atoms with E-state index in [1.165, 1.54) is 5.57 Å². The molecule has 9 heteroatoms. The Kier molecular flexibility index (Phi) is 8.12. The molecule has 0 radical (unpaired) electrons.